The summed E-state index contributed by atoms with van der Waals surface area (Å²) in [4.78, 5) is 24.9. The standard InChI is InChI=1S/C23H20F4N2O5/c24-13-2-1-11(3-14(13)25)33-7-20(31)28-22-8-23(9-22,10-22)29-21(32)19-6-17(30)12-4-15(26)16(27)5-18(12)34-19/h1-5,17,19,30H,6-10H2,(H,28,31)(H,29,32). The molecule has 0 saturated heterocycles. The van der Waals surface area contributed by atoms with E-state index in [1.54, 1.807) is 0 Å². The van der Waals surface area contributed by atoms with Crippen LogP contribution in [0.25, 0.3) is 0 Å². The first-order valence-electron chi connectivity index (χ1n) is 10.6. The van der Waals surface area contributed by atoms with Gasteiger partial charge in [-0.2, -0.15) is 0 Å². The maximum Gasteiger partial charge on any atom is 0.261 e. The number of rotatable bonds is 6. The highest BCUT2D eigenvalue weighted by Gasteiger charge is 2.69. The van der Waals surface area contributed by atoms with Gasteiger partial charge in [0.1, 0.15) is 11.5 Å². The molecule has 2 amide bonds. The van der Waals surface area contributed by atoms with Crippen molar-refractivity contribution in [2.45, 2.75) is 49.0 Å². The predicted octanol–water partition coefficient (Wildman–Crippen LogP) is 2.41. The number of amides is 2. The third-order valence-corrected chi connectivity index (χ3v) is 6.49. The normalized spacial score (nSPS) is 28.5. The van der Waals surface area contributed by atoms with Crippen molar-refractivity contribution in [3.05, 3.63) is 59.2 Å². The van der Waals surface area contributed by atoms with Crippen LogP contribution in [0.15, 0.2) is 30.3 Å². The zero-order valence-electron chi connectivity index (χ0n) is 17.7. The maximum absolute atomic E-state index is 13.5. The van der Waals surface area contributed by atoms with Gasteiger partial charge in [0.15, 0.2) is 36.0 Å². The van der Waals surface area contributed by atoms with Gasteiger partial charge >= 0.3 is 0 Å². The molecule has 3 aliphatic carbocycles. The van der Waals surface area contributed by atoms with Gasteiger partial charge in [-0.15, -0.1) is 0 Å². The van der Waals surface area contributed by atoms with Crippen LogP contribution in [0.1, 0.15) is 37.4 Å². The Bertz CT molecular complexity index is 1170. The van der Waals surface area contributed by atoms with E-state index < -0.39 is 58.4 Å². The van der Waals surface area contributed by atoms with Gasteiger partial charge in [-0.3, -0.25) is 9.59 Å². The number of benzene rings is 2. The highest BCUT2D eigenvalue weighted by atomic mass is 19.2. The van der Waals surface area contributed by atoms with Gasteiger partial charge in [-0.25, -0.2) is 17.6 Å². The molecule has 2 aromatic rings. The molecule has 180 valence electrons. The number of carbonyl (C=O) groups is 2. The van der Waals surface area contributed by atoms with E-state index in [0.29, 0.717) is 19.3 Å². The van der Waals surface area contributed by atoms with Crippen molar-refractivity contribution in [1.82, 2.24) is 10.6 Å². The number of carbonyl (C=O) groups excluding carboxylic acids is 2. The van der Waals surface area contributed by atoms with Crippen molar-refractivity contribution in [2.24, 2.45) is 0 Å². The first-order chi connectivity index (χ1) is 16.1. The molecule has 2 unspecified atom stereocenters. The largest absolute Gasteiger partial charge is 0.484 e. The quantitative estimate of drug-likeness (QED) is 0.552. The van der Waals surface area contributed by atoms with Gasteiger partial charge < -0.3 is 25.2 Å². The third-order valence-electron chi connectivity index (χ3n) is 6.49. The van der Waals surface area contributed by atoms with Gasteiger partial charge in [0.05, 0.1) is 6.10 Å². The average Bonchev–Trinajstić information content (AvgIpc) is 2.73. The van der Waals surface area contributed by atoms with Crippen LogP contribution in [0, 0.1) is 23.3 Å². The molecular formula is C23H20F4N2O5. The lowest BCUT2D eigenvalue weighted by molar-refractivity contribution is -0.155. The van der Waals surface area contributed by atoms with E-state index in [0.717, 1.165) is 24.3 Å². The molecule has 4 aliphatic rings. The van der Waals surface area contributed by atoms with Gasteiger partial charge in [-0.05, 0) is 37.5 Å². The summed E-state index contributed by atoms with van der Waals surface area (Å²) in [5.41, 5.74) is -0.920. The van der Waals surface area contributed by atoms with Crippen LogP contribution in [0.5, 0.6) is 11.5 Å². The van der Waals surface area contributed by atoms with Crippen LogP contribution in [0.3, 0.4) is 0 Å². The summed E-state index contributed by atoms with van der Waals surface area (Å²) in [6, 6.07) is 4.62. The molecule has 3 fully saturated rings. The Morgan fingerprint density at radius 3 is 2.32 bits per heavy atom. The molecule has 1 heterocycles. The van der Waals surface area contributed by atoms with Crippen molar-refractivity contribution in [1.29, 1.82) is 0 Å². The van der Waals surface area contributed by atoms with Crippen molar-refractivity contribution >= 4 is 11.8 Å². The number of fused-ring (bicyclic) bond motifs is 1. The fourth-order valence-corrected chi connectivity index (χ4v) is 5.04. The molecule has 3 saturated carbocycles. The fourth-order valence-electron chi connectivity index (χ4n) is 5.04. The highest BCUT2D eigenvalue weighted by Crippen LogP contribution is 2.60. The van der Waals surface area contributed by atoms with Crippen LogP contribution >= 0.6 is 0 Å². The molecule has 34 heavy (non-hydrogen) atoms. The molecule has 11 heteroatoms. The van der Waals surface area contributed by atoms with Gasteiger partial charge in [-0.1, -0.05) is 0 Å². The molecule has 2 aromatic carbocycles. The number of hydrogen-bond donors (Lipinski definition) is 3. The topological polar surface area (TPSA) is 96.9 Å². The summed E-state index contributed by atoms with van der Waals surface area (Å²) >= 11 is 0. The average molecular weight is 480 g/mol. The minimum absolute atomic E-state index is 0.0224. The molecule has 3 N–H and O–H groups in total. The van der Waals surface area contributed by atoms with E-state index >= 15 is 0 Å². The molecule has 7 nitrogen and oxygen atoms in total. The second kappa shape index (κ2) is 7.86. The van der Waals surface area contributed by atoms with Crippen LogP contribution in [-0.2, 0) is 9.59 Å². The Labute approximate surface area is 191 Å². The Hall–Kier alpha value is -3.34. The predicted molar refractivity (Wildman–Crippen MR) is 108 cm³/mol. The summed E-state index contributed by atoms with van der Waals surface area (Å²) in [5, 5.41) is 15.9. The zero-order chi connectivity index (χ0) is 24.3. The van der Waals surface area contributed by atoms with Crippen molar-refractivity contribution in [3.63, 3.8) is 0 Å². The minimum atomic E-state index is -1.18. The summed E-state index contributed by atoms with van der Waals surface area (Å²) in [6.45, 7) is -0.378. The first-order valence-corrected chi connectivity index (χ1v) is 10.6. The van der Waals surface area contributed by atoms with E-state index in [-0.39, 0.29) is 30.1 Å². The summed E-state index contributed by atoms with van der Waals surface area (Å²) in [6.07, 6.45) is -0.917. The smallest absolute Gasteiger partial charge is 0.261 e. The summed E-state index contributed by atoms with van der Waals surface area (Å²) < 4.78 is 63.8. The number of nitrogens with one attached hydrogen (secondary N) is 2. The Balaban J connectivity index is 1.11. The minimum Gasteiger partial charge on any atom is -0.484 e. The van der Waals surface area contributed by atoms with Crippen LogP contribution < -0.4 is 20.1 Å². The summed E-state index contributed by atoms with van der Waals surface area (Å²) in [7, 11) is 0. The first kappa shape index (κ1) is 22.5. The zero-order valence-corrected chi connectivity index (χ0v) is 17.7. The van der Waals surface area contributed by atoms with Gasteiger partial charge in [0.25, 0.3) is 11.8 Å². The van der Waals surface area contributed by atoms with Crippen molar-refractivity contribution in [3.8, 4) is 11.5 Å². The molecule has 0 radical (unpaired) electrons. The molecule has 0 spiro atoms. The van der Waals surface area contributed by atoms with Crippen LogP contribution in [0.4, 0.5) is 17.6 Å². The third kappa shape index (κ3) is 3.93. The Morgan fingerprint density at radius 1 is 0.971 bits per heavy atom. The number of halogens is 4. The second-order valence-electron chi connectivity index (χ2n) is 9.16. The van der Waals surface area contributed by atoms with Crippen molar-refractivity contribution < 1.29 is 41.7 Å². The van der Waals surface area contributed by atoms with E-state index in [1.807, 2.05) is 0 Å². The molecular weight excluding hydrogens is 460 g/mol. The fraction of sp³-hybridized carbons (Fsp3) is 0.391. The van der Waals surface area contributed by atoms with Gasteiger partial charge in [0, 0.05) is 35.2 Å². The van der Waals surface area contributed by atoms with E-state index in [4.69, 9.17) is 9.47 Å². The number of hydrogen-bond acceptors (Lipinski definition) is 5. The lowest BCUT2D eigenvalue weighted by Crippen LogP contribution is -2.84. The Morgan fingerprint density at radius 2 is 1.62 bits per heavy atom. The number of aliphatic hydroxyl groups excluding tert-OH is 1. The second-order valence-corrected chi connectivity index (χ2v) is 9.16. The van der Waals surface area contributed by atoms with E-state index in [1.165, 1.54) is 6.07 Å². The molecule has 2 bridgehead atoms. The number of aliphatic hydroxyl groups is 1. The molecule has 6 rings (SSSR count). The van der Waals surface area contributed by atoms with Crippen molar-refractivity contribution in [2.75, 3.05) is 6.61 Å². The summed E-state index contributed by atoms with van der Waals surface area (Å²) in [5.74, 6) is -5.33. The van der Waals surface area contributed by atoms with Crippen LogP contribution in [0.2, 0.25) is 0 Å². The van der Waals surface area contributed by atoms with Crippen LogP contribution in [-0.4, -0.2) is 40.7 Å². The van der Waals surface area contributed by atoms with Gasteiger partial charge in [0.2, 0.25) is 0 Å². The molecule has 1 aliphatic heterocycles. The maximum atomic E-state index is 13.5. The highest BCUT2D eigenvalue weighted by molar-refractivity contribution is 5.84. The lowest BCUT2D eigenvalue weighted by Gasteiger charge is -2.70. The molecule has 2 atom stereocenters. The van der Waals surface area contributed by atoms with E-state index in [9.17, 15) is 32.3 Å². The Kier molecular flexibility index (Phi) is 5.19. The van der Waals surface area contributed by atoms with E-state index in [2.05, 4.69) is 10.6 Å². The lowest BCUT2D eigenvalue weighted by atomic mass is 9.44. The number of ether oxygens (including phenoxy) is 2. The monoisotopic (exact) mass is 480 g/mol. The molecule has 0 aromatic heterocycles. The SMILES string of the molecule is O=C(COc1ccc(F)c(F)c1)NC12CC(NC(=O)C3CC(O)c4cc(F)c(F)cc4O3)(C1)C2.